The summed E-state index contributed by atoms with van der Waals surface area (Å²) in [6.45, 7) is 13.0. The molecule has 0 radical (unpaired) electrons. The van der Waals surface area contributed by atoms with Crippen molar-refractivity contribution in [2.75, 3.05) is 13.1 Å². The molecule has 0 saturated carbocycles. The number of carbonyl (C=O) groups excluding carboxylic acids is 2. The van der Waals surface area contributed by atoms with Crippen molar-refractivity contribution in [3.63, 3.8) is 0 Å². The molecule has 9 heteroatoms. The Kier molecular flexibility index (Phi) is 8.10. The van der Waals surface area contributed by atoms with Gasteiger partial charge in [0.1, 0.15) is 17.0 Å². The number of amides is 1. The van der Waals surface area contributed by atoms with E-state index >= 15 is 0 Å². The third-order valence-corrected chi connectivity index (χ3v) is 7.68. The third-order valence-electron chi connectivity index (χ3n) is 7.68. The van der Waals surface area contributed by atoms with Crippen LogP contribution >= 0.6 is 0 Å². The highest BCUT2D eigenvalue weighted by Crippen LogP contribution is 2.37. The number of likely N-dealkylation sites (tertiary alicyclic amines) is 1. The van der Waals surface area contributed by atoms with Crippen LogP contribution in [0.1, 0.15) is 90.3 Å². The molecule has 3 heterocycles. The van der Waals surface area contributed by atoms with Gasteiger partial charge in [0.25, 0.3) is 0 Å². The van der Waals surface area contributed by atoms with Crippen molar-refractivity contribution < 1.29 is 19.1 Å². The van der Waals surface area contributed by atoms with Gasteiger partial charge in [0, 0.05) is 25.3 Å². The lowest BCUT2D eigenvalue weighted by Gasteiger charge is -2.43. The number of aryl methyl sites for hydroxylation is 1. The van der Waals surface area contributed by atoms with Crippen LogP contribution in [0.25, 0.3) is 11.0 Å². The largest absolute Gasteiger partial charge is 0.444 e. The van der Waals surface area contributed by atoms with E-state index in [1.807, 2.05) is 83.0 Å². The molecule has 41 heavy (non-hydrogen) atoms. The maximum atomic E-state index is 13.5. The molecule has 220 valence electrons. The van der Waals surface area contributed by atoms with E-state index in [0.29, 0.717) is 25.5 Å². The summed E-state index contributed by atoms with van der Waals surface area (Å²) in [7, 11) is 0. The van der Waals surface area contributed by atoms with E-state index in [0.717, 1.165) is 48.8 Å². The summed E-state index contributed by atoms with van der Waals surface area (Å²) >= 11 is 0. The van der Waals surface area contributed by atoms with Crippen LogP contribution in [0.4, 0.5) is 9.59 Å². The third kappa shape index (κ3) is 6.72. The Morgan fingerprint density at radius 1 is 0.927 bits per heavy atom. The second-order valence-electron chi connectivity index (χ2n) is 13.2. The Hall–Kier alpha value is -3.46. The number of para-hydroxylation sites is 2. The molecule has 2 aliphatic rings. The fraction of sp³-hybridized carbons (Fsp3) is 0.562. The predicted octanol–water partition coefficient (Wildman–Crippen LogP) is 6.49. The van der Waals surface area contributed by atoms with Crippen molar-refractivity contribution in [3.05, 3.63) is 59.7 Å². The van der Waals surface area contributed by atoms with Crippen LogP contribution in [-0.4, -0.2) is 66.9 Å². The SMILES string of the molecule is CC(C)(C)OC(=O)N1CCC(N(Cc2nc3ccccc3n2C(=O)OC(C)(C)C)C2CCCc3cccnc32)CC1. The normalized spacial score (nSPS) is 18.4. The smallest absolute Gasteiger partial charge is 0.420 e. The second kappa shape index (κ2) is 11.4. The van der Waals surface area contributed by atoms with Gasteiger partial charge in [0.15, 0.2) is 0 Å². The number of hydrogen-bond acceptors (Lipinski definition) is 7. The molecule has 1 unspecified atom stereocenters. The minimum absolute atomic E-state index is 0.0879. The fourth-order valence-corrected chi connectivity index (χ4v) is 5.96. The van der Waals surface area contributed by atoms with Gasteiger partial charge in [-0.15, -0.1) is 0 Å². The number of hydrogen-bond donors (Lipinski definition) is 0. The highest BCUT2D eigenvalue weighted by atomic mass is 16.6. The first-order valence-corrected chi connectivity index (χ1v) is 14.8. The van der Waals surface area contributed by atoms with Crippen LogP contribution in [0.2, 0.25) is 0 Å². The van der Waals surface area contributed by atoms with E-state index in [1.54, 1.807) is 4.57 Å². The molecule has 2 aromatic heterocycles. The molecule has 1 amide bonds. The van der Waals surface area contributed by atoms with Crippen LogP contribution < -0.4 is 0 Å². The summed E-state index contributed by atoms with van der Waals surface area (Å²) in [4.78, 5) is 40.4. The van der Waals surface area contributed by atoms with E-state index in [4.69, 9.17) is 19.4 Å². The number of carbonyl (C=O) groups is 2. The van der Waals surface area contributed by atoms with E-state index < -0.39 is 17.3 Å². The van der Waals surface area contributed by atoms with E-state index in [1.165, 1.54) is 5.56 Å². The van der Waals surface area contributed by atoms with Gasteiger partial charge in [-0.2, -0.15) is 0 Å². The van der Waals surface area contributed by atoms with Crippen molar-refractivity contribution in [3.8, 4) is 0 Å². The fourth-order valence-electron chi connectivity index (χ4n) is 5.96. The molecule has 0 bridgehead atoms. The molecule has 1 atom stereocenters. The molecule has 1 aromatic carbocycles. The number of aromatic nitrogens is 3. The first kappa shape index (κ1) is 29.0. The zero-order valence-corrected chi connectivity index (χ0v) is 25.2. The van der Waals surface area contributed by atoms with Gasteiger partial charge in [-0.05, 0) is 97.4 Å². The molecule has 3 aromatic rings. The average Bonchev–Trinajstić information content (AvgIpc) is 3.28. The molecule has 1 fully saturated rings. The van der Waals surface area contributed by atoms with Gasteiger partial charge in [0.2, 0.25) is 0 Å². The van der Waals surface area contributed by atoms with Crippen molar-refractivity contribution >= 4 is 23.2 Å². The number of piperidine rings is 1. The molecular weight excluding hydrogens is 518 g/mol. The Bertz CT molecular complexity index is 1400. The lowest BCUT2D eigenvalue weighted by molar-refractivity contribution is 0.00710. The summed E-state index contributed by atoms with van der Waals surface area (Å²) in [5.74, 6) is 0.651. The number of imidazole rings is 1. The van der Waals surface area contributed by atoms with E-state index in [-0.39, 0.29) is 18.2 Å². The number of fused-ring (bicyclic) bond motifs is 2. The van der Waals surface area contributed by atoms with E-state index in [9.17, 15) is 9.59 Å². The number of rotatable bonds is 4. The zero-order valence-electron chi connectivity index (χ0n) is 25.2. The molecule has 5 rings (SSSR count). The molecular formula is C32H43N5O4. The average molecular weight is 562 g/mol. The van der Waals surface area contributed by atoms with Crippen LogP contribution in [-0.2, 0) is 22.4 Å². The van der Waals surface area contributed by atoms with Gasteiger partial charge in [-0.25, -0.2) is 19.1 Å². The topological polar surface area (TPSA) is 89.8 Å². The number of pyridine rings is 1. The predicted molar refractivity (Wildman–Crippen MR) is 158 cm³/mol. The summed E-state index contributed by atoms with van der Waals surface area (Å²) in [5.41, 5.74) is 2.71. The minimum Gasteiger partial charge on any atom is -0.444 e. The Morgan fingerprint density at radius 3 is 2.32 bits per heavy atom. The summed E-state index contributed by atoms with van der Waals surface area (Å²) in [6, 6.07) is 12.1. The van der Waals surface area contributed by atoms with Crippen molar-refractivity contribution in [1.82, 2.24) is 24.3 Å². The maximum absolute atomic E-state index is 13.5. The van der Waals surface area contributed by atoms with Gasteiger partial charge in [0.05, 0.1) is 29.3 Å². The second-order valence-corrected chi connectivity index (χ2v) is 13.2. The van der Waals surface area contributed by atoms with E-state index in [2.05, 4.69) is 11.0 Å². The zero-order chi connectivity index (χ0) is 29.4. The molecule has 9 nitrogen and oxygen atoms in total. The van der Waals surface area contributed by atoms with Crippen LogP contribution in [0.15, 0.2) is 42.6 Å². The monoisotopic (exact) mass is 561 g/mol. The molecule has 1 saturated heterocycles. The first-order chi connectivity index (χ1) is 19.4. The van der Waals surface area contributed by atoms with Gasteiger partial charge < -0.3 is 14.4 Å². The lowest BCUT2D eigenvalue weighted by Crippen LogP contribution is -2.49. The van der Waals surface area contributed by atoms with Gasteiger partial charge in [-0.3, -0.25) is 9.88 Å². The summed E-state index contributed by atoms with van der Waals surface area (Å²) in [6.07, 6.45) is 5.83. The number of nitrogens with zero attached hydrogens (tertiary/aromatic N) is 5. The van der Waals surface area contributed by atoms with Crippen LogP contribution in [0, 0.1) is 0 Å². The standard InChI is InChI=1S/C32H43N5O4/c1-31(2,3)40-29(38)35-19-16-23(17-20-35)36(26-15-9-11-22-12-10-18-33-28(22)26)21-27-34-24-13-7-8-14-25(24)37(27)30(39)41-32(4,5)6/h7-8,10,12-14,18,23,26H,9,11,15-17,19-21H2,1-6H3. The number of benzene rings is 1. The minimum atomic E-state index is -0.639. The van der Waals surface area contributed by atoms with Gasteiger partial charge >= 0.3 is 12.2 Å². The number of ether oxygens (including phenoxy) is 2. The highest BCUT2D eigenvalue weighted by Gasteiger charge is 2.37. The summed E-state index contributed by atoms with van der Waals surface area (Å²) < 4.78 is 13.1. The van der Waals surface area contributed by atoms with Crippen LogP contribution in [0.3, 0.4) is 0 Å². The van der Waals surface area contributed by atoms with Crippen LogP contribution in [0.5, 0.6) is 0 Å². The Morgan fingerprint density at radius 2 is 1.61 bits per heavy atom. The maximum Gasteiger partial charge on any atom is 0.420 e. The molecule has 0 N–H and O–H groups in total. The van der Waals surface area contributed by atoms with Gasteiger partial charge in [-0.1, -0.05) is 18.2 Å². The molecule has 0 spiro atoms. The molecule has 1 aliphatic heterocycles. The molecule has 1 aliphatic carbocycles. The quantitative estimate of drug-likeness (QED) is 0.359. The Labute approximate surface area is 242 Å². The van der Waals surface area contributed by atoms with Crippen molar-refractivity contribution in [2.45, 2.75) is 103 Å². The Balaban J connectivity index is 1.48. The highest BCUT2D eigenvalue weighted by molar-refractivity contribution is 5.87. The van der Waals surface area contributed by atoms with Crippen molar-refractivity contribution in [1.29, 1.82) is 0 Å². The first-order valence-electron chi connectivity index (χ1n) is 14.8. The summed E-state index contributed by atoms with van der Waals surface area (Å²) in [5, 5.41) is 0. The lowest BCUT2D eigenvalue weighted by atomic mass is 9.88. The van der Waals surface area contributed by atoms with Crippen molar-refractivity contribution in [2.24, 2.45) is 0 Å².